The van der Waals surface area contributed by atoms with Gasteiger partial charge in [0.05, 0.1) is 15.3 Å². The van der Waals surface area contributed by atoms with Crippen molar-refractivity contribution in [2.24, 2.45) is 0 Å². The van der Waals surface area contributed by atoms with Crippen LogP contribution >= 0.6 is 22.9 Å². The highest BCUT2D eigenvalue weighted by Gasteiger charge is 2.37. The molecule has 13 nitrogen and oxygen atoms in total. The molecule has 3 aromatic carbocycles. The molecule has 1 fully saturated rings. The van der Waals surface area contributed by atoms with Gasteiger partial charge in [0.1, 0.15) is 11.4 Å². The predicted octanol–water partition coefficient (Wildman–Crippen LogP) is 7.06. The molecule has 51 heavy (non-hydrogen) atoms. The van der Waals surface area contributed by atoms with Crippen LogP contribution in [0.3, 0.4) is 0 Å². The second-order valence-corrected chi connectivity index (χ2v) is 14.2. The lowest BCUT2D eigenvalue weighted by Gasteiger charge is -2.31. The Balaban J connectivity index is 1.07. The first-order valence-corrected chi connectivity index (χ1v) is 17.8. The number of ether oxygens (including phenoxy) is 1. The number of aryl methyl sites for hydroxylation is 1. The average molecular weight is 726 g/mol. The Kier molecular flexibility index (Phi) is 8.16. The molecule has 2 aliphatic heterocycles. The first-order valence-electron chi connectivity index (χ1n) is 16.4. The third-order valence-corrected chi connectivity index (χ3v) is 11.2. The lowest BCUT2D eigenvalue weighted by molar-refractivity contribution is -0.384. The Bertz CT molecular complexity index is 2410. The van der Waals surface area contributed by atoms with E-state index in [1.54, 1.807) is 52.3 Å². The largest absolute Gasteiger partial charge is 0.415 e. The molecule has 0 spiro atoms. The fourth-order valence-corrected chi connectivity index (χ4v) is 8.24. The van der Waals surface area contributed by atoms with Crippen molar-refractivity contribution in [2.45, 2.75) is 12.8 Å². The lowest BCUT2D eigenvalue weighted by Crippen LogP contribution is -2.48. The van der Waals surface area contributed by atoms with Crippen LogP contribution in [0.4, 0.5) is 21.9 Å². The summed E-state index contributed by atoms with van der Waals surface area (Å²) in [6, 6.07) is 14.7. The van der Waals surface area contributed by atoms with E-state index in [2.05, 4.69) is 20.2 Å². The van der Waals surface area contributed by atoms with E-state index in [4.69, 9.17) is 16.3 Å². The quantitative estimate of drug-likeness (QED) is 0.0943. The number of thiophene rings is 1. The molecule has 8 rings (SSSR count). The third-order valence-electron chi connectivity index (χ3n) is 9.67. The molecule has 0 aliphatic carbocycles. The summed E-state index contributed by atoms with van der Waals surface area (Å²) in [4.78, 5) is 63.1. The summed E-state index contributed by atoms with van der Waals surface area (Å²) < 4.78 is 6.89. The number of aromatic nitrogens is 2. The standard InChI is InChI=1S/C36H32ClN7O6S/c1-19-18-51-33-30(50-36(47)42-9-7-41(2)8-10-42)15-29-32(31(19)33)22(16-37)17-43(29)35(46)28-14-20-11-23(3-5-25(20)40-28)38-34(45)27-13-21-12-24(44(48)49)4-6-26(21)39-27/h3-6,11-15,18,22,39-40H,7-10,16-17H2,1-2H3,(H,38,45)/t22-/m1/s1. The molecule has 0 saturated carbocycles. The molecule has 2 aliphatic rings. The molecular weight excluding hydrogens is 694 g/mol. The van der Waals surface area contributed by atoms with Crippen molar-refractivity contribution in [1.82, 2.24) is 19.8 Å². The van der Waals surface area contributed by atoms with E-state index in [1.807, 2.05) is 19.4 Å². The van der Waals surface area contributed by atoms with E-state index in [-0.39, 0.29) is 23.2 Å². The molecule has 6 aromatic rings. The Hall–Kier alpha value is -5.44. The summed E-state index contributed by atoms with van der Waals surface area (Å²) in [5, 5.41) is 18.3. The Labute approximate surface area is 299 Å². The zero-order chi connectivity index (χ0) is 35.6. The molecular formula is C36H32ClN7O6S. The van der Waals surface area contributed by atoms with Gasteiger partial charge in [-0.2, -0.15) is 0 Å². The number of alkyl halides is 1. The lowest BCUT2D eigenvalue weighted by atomic mass is 9.97. The van der Waals surface area contributed by atoms with Crippen LogP contribution < -0.4 is 15.0 Å². The molecule has 3 amide bonds. The van der Waals surface area contributed by atoms with Gasteiger partial charge in [-0.25, -0.2) is 4.79 Å². The van der Waals surface area contributed by atoms with Gasteiger partial charge in [0.25, 0.3) is 17.5 Å². The number of H-pyrrole nitrogens is 2. The van der Waals surface area contributed by atoms with E-state index >= 15 is 0 Å². The minimum atomic E-state index is -0.483. The highest BCUT2D eigenvalue weighted by Crippen LogP contribution is 2.49. The normalized spacial score (nSPS) is 16.3. The van der Waals surface area contributed by atoms with Crippen LogP contribution in [0.2, 0.25) is 0 Å². The van der Waals surface area contributed by atoms with Crippen molar-refractivity contribution < 1.29 is 24.0 Å². The van der Waals surface area contributed by atoms with Crippen molar-refractivity contribution in [2.75, 3.05) is 55.9 Å². The second kappa shape index (κ2) is 12.7. The van der Waals surface area contributed by atoms with Gasteiger partial charge in [-0.3, -0.25) is 19.7 Å². The summed E-state index contributed by atoms with van der Waals surface area (Å²) in [6.07, 6.45) is -0.410. The Morgan fingerprint density at radius 3 is 2.45 bits per heavy atom. The van der Waals surface area contributed by atoms with Gasteiger partial charge in [-0.05, 0) is 66.9 Å². The zero-order valence-electron chi connectivity index (χ0n) is 27.6. The number of amides is 3. The van der Waals surface area contributed by atoms with Crippen LogP contribution in [0.15, 0.2) is 60.0 Å². The van der Waals surface area contributed by atoms with Crippen LogP contribution in [0.1, 0.15) is 38.0 Å². The maximum atomic E-state index is 14.2. The van der Waals surface area contributed by atoms with E-state index in [9.17, 15) is 24.5 Å². The topological polar surface area (TPSA) is 157 Å². The van der Waals surface area contributed by atoms with E-state index in [1.165, 1.54) is 23.5 Å². The number of anilines is 2. The average Bonchev–Trinajstić information content (AvgIpc) is 3.91. The summed E-state index contributed by atoms with van der Waals surface area (Å²) in [6.45, 7) is 5.06. The molecule has 15 heteroatoms. The van der Waals surface area contributed by atoms with E-state index in [0.29, 0.717) is 70.1 Å². The number of rotatable bonds is 6. The smallest absolute Gasteiger partial charge is 0.409 e. The highest BCUT2D eigenvalue weighted by molar-refractivity contribution is 7.17. The minimum absolute atomic E-state index is 0.0627. The van der Waals surface area contributed by atoms with Crippen LogP contribution in [-0.2, 0) is 0 Å². The van der Waals surface area contributed by atoms with Crippen molar-refractivity contribution in [3.05, 3.63) is 92.6 Å². The predicted molar refractivity (Wildman–Crippen MR) is 198 cm³/mol. The van der Waals surface area contributed by atoms with Crippen molar-refractivity contribution in [3.8, 4) is 5.75 Å². The molecule has 3 N–H and O–H groups in total. The van der Waals surface area contributed by atoms with Gasteiger partial charge in [-0.15, -0.1) is 22.9 Å². The number of halogens is 1. The maximum absolute atomic E-state index is 14.2. The first-order chi connectivity index (χ1) is 24.6. The van der Waals surface area contributed by atoms with Gasteiger partial charge in [0.15, 0.2) is 5.75 Å². The zero-order valence-corrected chi connectivity index (χ0v) is 29.2. The van der Waals surface area contributed by atoms with Gasteiger partial charge in [0.2, 0.25) is 0 Å². The Morgan fingerprint density at radius 2 is 1.71 bits per heavy atom. The monoisotopic (exact) mass is 725 g/mol. The number of carbonyl (C=O) groups is 3. The number of fused-ring (bicyclic) bond motifs is 5. The number of nitrogens with one attached hydrogen (secondary N) is 3. The number of nitro groups is 1. The first kappa shape index (κ1) is 32.7. The maximum Gasteiger partial charge on any atom is 0.415 e. The summed E-state index contributed by atoms with van der Waals surface area (Å²) in [5.74, 6) is -0.0684. The summed E-state index contributed by atoms with van der Waals surface area (Å²) >= 11 is 8.03. The summed E-state index contributed by atoms with van der Waals surface area (Å²) in [7, 11) is 2.02. The third kappa shape index (κ3) is 5.84. The minimum Gasteiger partial charge on any atom is -0.409 e. The van der Waals surface area contributed by atoms with E-state index < -0.39 is 16.9 Å². The number of nitrogens with zero attached hydrogens (tertiary/aromatic N) is 4. The number of hydrogen-bond donors (Lipinski definition) is 3. The van der Waals surface area contributed by atoms with Gasteiger partial charge >= 0.3 is 6.09 Å². The number of carbonyl (C=O) groups excluding carboxylic acids is 3. The fourth-order valence-electron chi connectivity index (χ4n) is 6.97. The second-order valence-electron chi connectivity index (χ2n) is 13.0. The van der Waals surface area contributed by atoms with Crippen molar-refractivity contribution in [3.63, 3.8) is 0 Å². The SMILES string of the molecule is Cc1csc2c(OC(=O)N3CCN(C)CC3)cc3c(c12)[C@H](CCl)CN3C(=O)c1cc2cc(NC(=O)c3cc4cc([N+](=O)[O-])ccc4[nH]3)ccc2[nH]1. The summed E-state index contributed by atoms with van der Waals surface area (Å²) in [5.41, 5.74) is 5.01. The number of piperazine rings is 1. The molecule has 260 valence electrons. The van der Waals surface area contributed by atoms with Crippen LogP contribution in [0, 0.1) is 17.0 Å². The van der Waals surface area contributed by atoms with E-state index in [0.717, 1.165) is 34.3 Å². The van der Waals surface area contributed by atoms with Gasteiger partial charge in [-0.1, -0.05) is 0 Å². The molecule has 1 saturated heterocycles. The number of aromatic amines is 2. The number of nitro benzene ring substituents is 1. The molecule has 0 bridgehead atoms. The number of benzene rings is 3. The molecule has 5 heterocycles. The van der Waals surface area contributed by atoms with Crippen LogP contribution in [0.25, 0.3) is 31.9 Å². The van der Waals surface area contributed by atoms with Gasteiger partial charge < -0.3 is 34.7 Å². The highest BCUT2D eigenvalue weighted by atomic mass is 35.5. The van der Waals surface area contributed by atoms with Crippen molar-refractivity contribution >= 4 is 89.8 Å². The molecule has 0 radical (unpaired) electrons. The van der Waals surface area contributed by atoms with Gasteiger partial charge in [0, 0.05) is 95.6 Å². The molecule has 3 aromatic heterocycles. The number of likely N-dealkylation sites (N-methyl/N-ethyl adjacent to an activating group) is 1. The number of hydrogen-bond acceptors (Lipinski definition) is 8. The van der Waals surface area contributed by atoms with Crippen LogP contribution in [0.5, 0.6) is 5.75 Å². The van der Waals surface area contributed by atoms with Crippen LogP contribution in [-0.4, -0.2) is 88.3 Å². The number of non-ortho nitro benzene ring substituents is 1. The van der Waals surface area contributed by atoms with Crippen molar-refractivity contribution in [1.29, 1.82) is 0 Å². The Morgan fingerprint density at radius 1 is 1.00 bits per heavy atom. The molecule has 0 unspecified atom stereocenters. The fraction of sp³-hybridized carbons (Fsp3) is 0.250. The molecule has 1 atom stereocenters.